The molecular formula is C19H26F3N3O2. The van der Waals surface area contributed by atoms with Crippen LogP contribution in [0.15, 0.2) is 24.3 Å². The van der Waals surface area contributed by atoms with E-state index in [1.165, 1.54) is 12.1 Å². The molecule has 2 aliphatic rings. The Labute approximate surface area is 157 Å². The van der Waals surface area contributed by atoms with Crippen LogP contribution in [-0.2, 0) is 22.3 Å². The van der Waals surface area contributed by atoms with Crippen LogP contribution in [0.1, 0.15) is 24.0 Å². The summed E-state index contributed by atoms with van der Waals surface area (Å²) < 4.78 is 43.4. The summed E-state index contributed by atoms with van der Waals surface area (Å²) in [5.74, 6) is 0.134. The number of benzene rings is 1. The molecule has 2 aliphatic heterocycles. The first-order valence-electron chi connectivity index (χ1n) is 9.39. The lowest BCUT2D eigenvalue weighted by Crippen LogP contribution is -2.45. The van der Waals surface area contributed by atoms with Crippen molar-refractivity contribution in [2.75, 3.05) is 45.9 Å². The maximum Gasteiger partial charge on any atom is 0.416 e. The predicted octanol–water partition coefficient (Wildman–Crippen LogP) is 2.12. The van der Waals surface area contributed by atoms with Crippen molar-refractivity contribution >= 4 is 5.91 Å². The first-order valence-corrected chi connectivity index (χ1v) is 9.39. The maximum absolute atomic E-state index is 12.7. The molecule has 2 fully saturated rings. The largest absolute Gasteiger partial charge is 0.416 e. The first kappa shape index (κ1) is 20.1. The molecule has 1 atom stereocenters. The highest BCUT2D eigenvalue weighted by molar-refractivity contribution is 5.76. The van der Waals surface area contributed by atoms with Crippen molar-refractivity contribution in [3.63, 3.8) is 0 Å². The summed E-state index contributed by atoms with van der Waals surface area (Å²) in [4.78, 5) is 16.6. The minimum absolute atomic E-state index is 0.0813. The van der Waals surface area contributed by atoms with E-state index in [4.69, 9.17) is 4.74 Å². The lowest BCUT2D eigenvalue weighted by Gasteiger charge is -2.27. The SMILES string of the molecule is O=C(CC1COCCN1)N1CCCN(Cc2ccc(C(F)(F)F)cc2)CC1. The lowest BCUT2D eigenvalue weighted by atomic mass is 10.1. The third kappa shape index (κ3) is 5.92. The van der Waals surface area contributed by atoms with Gasteiger partial charge in [-0.15, -0.1) is 0 Å². The molecule has 0 saturated carbocycles. The van der Waals surface area contributed by atoms with Crippen molar-refractivity contribution in [2.24, 2.45) is 0 Å². The number of hydrogen-bond acceptors (Lipinski definition) is 4. The van der Waals surface area contributed by atoms with Gasteiger partial charge in [-0.2, -0.15) is 13.2 Å². The van der Waals surface area contributed by atoms with Crippen LogP contribution < -0.4 is 5.32 Å². The number of ether oxygens (including phenoxy) is 1. The highest BCUT2D eigenvalue weighted by atomic mass is 19.4. The van der Waals surface area contributed by atoms with Gasteiger partial charge in [0.15, 0.2) is 0 Å². The quantitative estimate of drug-likeness (QED) is 0.863. The number of carbonyl (C=O) groups is 1. The monoisotopic (exact) mass is 385 g/mol. The topological polar surface area (TPSA) is 44.8 Å². The summed E-state index contributed by atoms with van der Waals surface area (Å²) >= 11 is 0. The normalized spacial score (nSPS) is 22.5. The summed E-state index contributed by atoms with van der Waals surface area (Å²) in [6, 6.07) is 5.40. The number of carbonyl (C=O) groups excluding carboxylic acids is 1. The van der Waals surface area contributed by atoms with Crippen molar-refractivity contribution in [1.29, 1.82) is 0 Å². The van der Waals surface area contributed by atoms with Crippen molar-refractivity contribution in [2.45, 2.75) is 31.6 Å². The molecule has 0 radical (unpaired) electrons. The number of nitrogens with one attached hydrogen (secondary N) is 1. The molecule has 3 rings (SSSR count). The Morgan fingerprint density at radius 2 is 1.93 bits per heavy atom. The van der Waals surface area contributed by atoms with E-state index < -0.39 is 11.7 Å². The molecule has 1 aromatic carbocycles. The van der Waals surface area contributed by atoms with Crippen LogP contribution in [0.5, 0.6) is 0 Å². The highest BCUT2D eigenvalue weighted by Crippen LogP contribution is 2.29. The van der Waals surface area contributed by atoms with Crippen LogP contribution in [0.4, 0.5) is 13.2 Å². The smallest absolute Gasteiger partial charge is 0.378 e. The van der Waals surface area contributed by atoms with Gasteiger partial charge in [-0.1, -0.05) is 12.1 Å². The number of alkyl halides is 3. The number of morpholine rings is 1. The molecule has 0 spiro atoms. The van der Waals surface area contributed by atoms with Gasteiger partial charge in [0.1, 0.15) is 0 Å². The molecule has 0 bridgehead atoms. The fourth-order valence-corrected chi connectivity index (χ4v) is 3.53. The number of halogens is 3. The zero-order valence-electron chi connectivity index (χ0n) is 15.3. The third-order valence-corrected chi connectivity index (χ3v) is 5.05. The molecule has 2 saturated heterocycles. The van der Waals surface area contributed by atoms with E-state index in [-0.39, 0.29) is 11.9 Å². The average molecular weight is 385 g/mol. The Morgan fingerprint density at radius 3 is 2.59 bits per heavy atom. The van der Waals surface area contributed by atoms with Crippen LogP contribution in [0.25, 0.3) is 0 Å². The van der Waals surface area contributed by atoms with Gasteiger partial charge < -0.3 is 15.0 Å². The minimum Gasteiger partial charge on any atom is -0.378 e. The van der Waals surface area contributed by atoms with Gasteiger partial charge in [-0.25, -0.2) is 0 Å². The molecule has 2 heterocycles. The van der Waals surface area contributed by atoms with Gasteiger partial charge in [-0.3, -0.25) is 9.69 Å². The molecule has 1 aromatic rings. The number of nitrogens with zero attached hydrogens (tertiary/aromatic N) is 2. The highest BCUT2D eigenvalue weighted by Gasteiger charge is 2.30. The van der Waals surface area contributed by atoms with E-state index in [0.29, 0.717) is 32.7 Å². The molecule has 1 unspecified atom stereocenters. The summed E-state index contributed by atoms with van der Waals surface area (Å²) in [6.45, 7) is 5.55. The number of rotatable bonds is 4. The maximum atomic E-state index is 12.7. The summed E-state index contributed by atoms with van der Waals surface area (Å²) in [7, 11) is 0. The second kappa shape index (κ2) is 9.03. The Kier molecular flexibility index (Phi) is 6.73. The molecule has 27 heavy (non-hydrogen) atoms. The first-order chi connectivity index (χ1) is 12.9. The summed E-state index contributed by atoms with van der Waals surface area (Å²) in [5, 5.41) is 3.30. The fourth-order valence-electron chi connectivity index (χ4n) is 3.53. The Balaban J connectivity index is 1.48. The molecule has 0 aliphatic carbocycles. The molecule has 0 aromatic heterocycles. The minimum atomic E-state index is -4.31. The molecule has 5 nitrogen and oxygen atoms in total. The Bertz CT molecular complexity index is 616. The summed E-state index contributed by atoms with van der Waals surface area (Å²) in [5.41, 5.74) is 0.227. The number of amides is 1. The van der Waals surface area contributed by atoms with Gasteiger partial charge in [0, 0.05) is 51.7 Å². The predicted molar refractivity (Wildman–Crippen MR) is 95.1 cm³/mol. The van der Waals surface area contributed by atoms with Gasteiger partial charge in [0.25, 0.3) is 0 Å². The zero-order valence-corrected chi connectivity index (χ0v) is 15.3. The zero-order chi connectivity index (χ0) is 19.3. The van der Waals surface area contributed by atoms with E-state index >= 15 is 0 Å². The van der Waals surface area contributed by atoms with E-state index in [0.717, 1.165) is 50.3 Å². The third-order valence-electron chi connectivity index (χ3n) is 5.05. The molecular weight excluding hydrogens is 359 g/mol. The van der Waals surface area contributed by atoms with E-state index in [2.05, 4.69) is 10.2 Å². The molecule has 1 amide bonds. The fraction of sp³-hybridized carbons (Fsp3) is 0.632. The second-order valence-corrected chi connectivity index (χ2v) is 7.14. The second-order valence-electron chi connectivity index (χ2n) is 7.14. The summed E-state index contributed by atoms with van der Waals surface area (Å²) in [6.07, 6.45) is -3.00. The van der Waals surface area contributed by atoms with Gasteiger partial charge >= 0.3 is 6.18 Å². The van der Waals surface area contributed by atoms with E-state index in [9.17, 15) is 18.0 Å². The van der Waals surface area contributed by atoms with Gasteiger partial charge in [0.2, 0.25) is 5.91 Å². The standard InChI is InChI=1S/C19H26F3N3O2/c20-19(21,22)16-4-2-15(3-5-16)13-24-7-1-8-25(10-9-24)18(26)12-17-14-27-11-6-23-17/h2-5,17,23H,1,6-14H2. The van der Waals surface area contributed by atoms with E-state index in [1.54, 1.807) is 0 Å². The van der Waals surface area contributed by atoms with Crippen LogP contribution in [0.2, 0.25) is 0 Å². The molecule has 8 heteroatoms. The molecule has 150 valence electrons. The van der Waals surface area contributed by atoms with Crippen molar-refractivity contribution in [1.82, 2.24) is 15.1 Å². The van der Waals surface area contributed by atoms with Crippen LogP contribution >= 0.6 is 0 Å². The van der Waals surface area contributed by atoms with Crippen LogP contribution in [0, 0.1) is 0 Å². The molecule has 1 N–H and O–H groups in total. The van der Waals surface area contributed by atoms with Gasteiger partial charge in [-0.05, 0) is 24.1 Å². The van der Waals surface area contributed by atoms with Crippen LogP contribution in [0.3, 0.4) is 0 Å². The van der Waals surface area contributed by atoms with Crippen molar-refractivity contribution < 1.29 is 22.7 Å². The Hall–Kier alpha value is -1.64. The van der Waals surface area contributed by atoms with E-state index in [1.807, 2.05) is 4.90 Å². The lowest BCUT2D eigenvalue weighted by molar-refractivity contribution is -0.137. The Morgan fingerprint density at radius 1 is 1.15 bits per heavy atom. The van der Waals surface area contributed by atoms with Gasteiger partial charge in [0.05, 0.1) is 18.8 Å². The average Bonchev–Trinajstić information content (AvgIpc) is 2.88. The van der Waals surface area contributed by atoms with Crippen LogP contribution in [-0.4, -0.2) is 67.7 Å². The van der Waals surface area contributed by atoms with Crippen molar-refractivity contribution in [3.8, 4) is 0 Å². The van der Waals surface area contributed by atoms with Crippen molar-refractivity contribution in [3.05, 3.63) is 35.4 Å². The number of hydrogen-bond donors (Lipinski definition) is 1.